The van der Waals surface area contributed by atoms with Crippen LogP contribution in [0.5, 0.6) is 5.75 Å². The van der Waals surface area contributed by atoms with Gasteiger partial charge in [0.25, 0.3) is 0 Å². The van der Waals surface area contributed by atoms with Crippen molar-refractivity contribution in [3.8, 4) is 27.4 Å². The Hall–Kier alpha value is -5.33. The van der Waals surface area contributed by atoms with Crippen molar-refractivity contribution in [3.63, 3.8) is 0 Å². The van der Waals surface area contributed by atoms with Crippen molar-refractivity contribution in [1.29, 1.82) is 0 Å². The highest BCUT2D eigenvalue weighted by Crippen LogP contribution is 2.32. The molecule has 0 spiro atoms. The predicted octanol–water partition coefficient (Wildman–Crippen LogP) is 7.05. The number of hydrogen-bond donors (Lipinski definition) is 2. The molecule has 3 amide bonds. The number of rotatable bonds is 16. The lowest BCUT2D eigenvalue weighted by molar-refractivity contribution is -0.144. The second-order valence-corrected chi connectivity index (χ2v) is 17.0. The number of anilines is 1. The van der Waals surface area contributed by atoms with Gasteiger partial charge in [0.1, 0.15) is 24.4 Å². The number of fused-ring (bicyclic) bond motifs is 1. The molecule has 6 rings (SSSR count). The first kappa shape index (κ1) is 41.3. The van der Waals surface area contributed by atoms with Gasteiger partial charge in [-0.3, -0.25) is 14.4 Å². The number of carbonyl (C=O) groups excluding carboxylic acids is 3. The number of pyridine rings is 1. The van der Waals surface area contributed by atoms with Gasteiger partial charge in [-0.25, -0.2) is 9.97 Å². The number of carbonyl (C=O) groups is 3. The number of nitrogens with two attached hydrogens (primary N) is 1. The number of ether oxygens (including phenoxy) is 2. The van der Waals surface area contributed by atoms with Gasteiger partial charge in [-0.2, -0.15) is 0 Å². The van der Waals surface area contributed by atoms with Crippen LogP contribution in [-0.2, 0) is 25.5 Å². The van der Waals surface area contributed by atoms with Gasteiger partial charge in [0.15, 0.2) is 0 Å². The summed E-state index contributed by atoms with van der Waals surface area (Å²) < 4.78 is 11.7. The molecule has 0 aliphatic carbocycles. The fourth-order valence-corrected chi connectivity index (χ4v) is 8.06. The number of primary amides is 1. The number of nitrogens with one attached hydrogen (secondary N) is 1. The highest BCUT2D eigenvalue weighted by atomic mass is 32.1. The van der Waals surface area contributed by atoms with Crippen molar-refractivity contribution in [2.75, 3.05) is 45.4 Å². The highest BCUT2D eigenvalue weighted by molar-refractivity contribution is 7.13. The molecule has 3 N–H and O–H groups in total. The molecule has 3 aromatic carbocycles. The Morgan fingerprint density at radius 3 is 2.35 bits per heavy atom. The van der Waals surface area contributed by atoms with E-state index in [1.54, 1.807) is 16.2 Å². The third kappa shape index (κ3) is 10.5. The smallest absolute Gasteiger partial charge is 0.246 e. The van der Waals surface area contributed by atoms with Crippen molar-refractivity contribution < 1.29 is 23.9 Å². The molecule has 0 saturated carbocycles. The van der Waals surface area contributed by atoms with Crippen LogP contribution in [-0.4, -0.2) is 85.1 Å². The SMILES string of the molecule is Cc1ncsc1-c1ccc(CC2CC(C(N)=O)N(C(=O)[C@@H](NC(=O)COCCCCOc3ccc4nc(-c5ccc(N(C)C)cc5)ccc4c3)C(C)(C)C)C2)cc1. The minimum atomic E-state index is -0.858. The van der Waals surface area contributed by atoms with Gasteiger partial charge < -0.3 is 30.3 Å². The van der Waals surface area contributed by atoms with E-state index in [0.29, 0.717) is 39.0 Å². The minimum Gasteiger partial charge on any atom is -0.494 e. The number of aromatic nitrogens is 2. The van der Waals surface area contributed by atoms with E-state index in [9.17, 15) is 14.4 Å². The van der Waals surface area contributed by atoms with Crippen molar-refractivity contribution >= 4 is 45.6 Å². The molecule has 1 aliphatic rings. The summed E-state index contributed by atoms with van der Waals surface area (Å²) in [5.74, 6) is -0.419. The largest absolute Gasteiger partial charge is 0.494 e. The van der Waals surface area contributed by atoms with E-state index in [1.165, 1.54) is 0 Å². The third-order valence-corrected chi connectivity index (χ3v) is 11.4. The van der Waals surface area contributed by atoms with Crippen molar-refractivity contribution in [3.05, 3.63) is 95.6 Å². The molecule has 0 bridgehead atoms. The van der Waals surface area contributed by atoms with Crippen LogP contribution in [0.25, 0.3) is 32.6 Å². The Morgan fingerprint density at radius 2 is 1.68 bits per heavy atom. The van der Waals surface area contributed by atoms with Crippen molar-refractivity contribution in [2.24, 2.45) is 17.1 Å². The van der Waals surface area contributed by atoms with Gasteiger partial charge in [0.2, 0.25) is 17.7 Å². The van der Waals surface area contributed by atoms with Crippen molar-refractivity contribution in [2.45, 2.75) is 65.5 Å². The standard InChI is InChI=1S/C45H54N6O5S/c1-29-41(57-28-47-29)33-11-9-30(10-12-33)23-31-24-39(43(46)53)51(26-31)44(54)42(45(2,3)4)49-40(52)27-55-21-7-8-22-56-36-18-20-38-34(25-36)15-19-37(48-38)32-13-16-35(17-14-32)50(5)6/h9-20,25,28,31,39,42H,7-8,21-24,26-27H2,1-6H3,(H2,46,53)(H,49,52)/t31?,39?,42-/m1/s1. The monoisotopic (exact) mass is 790 g/mol. The van der Waals surface area contributed by atoms with Crippen LogP contribution in [0.15, 0.2) is 84.4 Å². The van der Waals surface area contributed by atoms with E-state index in [1.807, 2.05) is 71.6 Å². The minimum absolute atomic E-state index is 0.0507. The number of hydrogen-bond acceptors (Lipinski definition) is 9. The van der Waals surface area contributed by atoms with Gasteiger partial charge >= 0.3 is 0 Å². The number of likely N-dealkylation sites (tertiary alicyclic amines) is 1. The van der Waals surface area contributed by atoms with Crippen molar-refractivity contribution in [1.82, 2.24) is 20.2 Å². The van der Waals surface area contributed by atoms with Crippen LogP contribution in [0.4, 0.5) is 5.69 Å². The van der Waals surface area contributed by atoms with E-state index in [-0.39, 0.29) is 24.3 Å². The number of nitrogens with zero attached hydrogens (tertiary/aromatic N) is 4. The summed E-state index contributed by atoms with van der Waals surface area (Å²) in [6.07, 6.45) is 2.61. The molecule has 3 atom stereocenters. The van der Waals surface area contributed by atoms with Crippen LogP contribution < -0.4 is 20.7 Å². The Morgan fingerprint density at radius 1 is 0.965 bits per heavy atom. The molecule has 1 saturated heterocycles. The molecule has 57 heavy (non-hydrogen) atoms. The van der Waals surface area contributed by atoms with Crippen LogP contribution in [0, 0.1) is 18.3 Å². The zero-order valence-corrected chi connectivity index (χ0v) is 34.6. The maximum absolute atomic E-state index is 14.0. The second kappa shape index (κ2) is 18.3. The number of unbranched alkanes of at least 4 members (excludes halogenated alkanes) is 1. The zero-order chi connectivity index (χ0) is 40.7. The Balaban J connectivity index is 0.938. The fourth-order valence-electron chi connectivity index (χ4n) is 7.25. The Kier molecular flexibility index (Phi) is 13.3. The van der Waals surface area contributed by atoms with Crippen LogP contribution in [0.2, 0.25) is 0 Å². The molecular weight excluding hydrogens is 737 g/mol. The highest BCUT2D eigenvalue weighted by Gasteiger charge is 2.44. The maximum atomic E-state index is 14.0. The van der Waals surface area contributed by atoms with Crippen LogP contribution >= 0.6 is 11.3 Å². The fraction of sp³-hybridized carbons (Fsp3) is 0.400. The summed E-state index contributed by atoms with van der Waals surface area (Å²) in [5.41, 5.74) is 14.3. The molecule has 5 aromatic rings. The van der Waals surface area contributed by atoms with E-state index in [0.717, 1.165) is 61.7 Å². The summed E-state index contributed by atoms with van der Waals surface area (Å²) >= 11 is 1.61. The topological polar surface area (TPSA) is 140 Å². The Bertz CT molecular complexity index is 2160. The normalized spacial score (nSPS) is 16.1. The molecule has 11 nitrogen and oxygen atoms in total. The first-order valence-electron chi connectivity index (χ1n) is 19.5. The molecule has 2 aromatic heterocycles. The lowest BCUT2D eigenvalue weighted by atomic mass is 9.85. The average Bonchev–Trinajstić information content (AvgIpc) is 3.82. The van der Waals surface area contributed by atoms with Crippen LogP contribution in [0.3, 0.4) is 0 Å². The molecule has 300 valence electrons. The molecular formula is C45H54N6O5S. The summed E-state index contributed by atoms with van der Waals surface area (Å²) in [6, 6.07) is 25.1. The second-order valence-electron chi connectivity index (χ2n) is 16.1. The predicted molar refractivity (Wildman–Crippen MR) is 227 cm³/mol. The maximum Gasteiger partial charge on any atom is 0.246 e. The molecule has 12 heteroatoms. The van der Waals surface area contributed by atoms with Gasteiger partial charge in [-0.15, -0.1) is 11.3 Å². The molecule has 0 radical (unpaired) electrons. The van der Waals surface area contributed by atoms with Gasteiger partial charge in [-0.1, -0.05) is 63.2 Å². The third-order valence-electron chi connectivity index (χ3n) is 10.4. The van der Waals surface area contributed by atoms with Gasteiger partial charge in [0.05, 0.1) is 33.9 Å². The van der Waals surface area contributed by atoms with Gasteiger partial charge in [0, 0.05) is 43.9 Å². The van der Waals surface area contributed by atoms with E-state index in [2.05, 4.69) is 69.8 Å². The summed E-state index contributed by atoms with van der Waals surface area (Å²) in [7, 11) is 4.05. The lowest BCUT2D eigenvalue weighted by Gasteiger charge is -2.35. The first-order chi connectivity index (χ1) is 27.3. The lowest BCUT2D eigenvalue weighted by Crippen LogP contribution is -2.57. The quantitative estimate of drug-likeness (QED) is 0.101. The van der Waals surface area contributed by atoms with E-state index < -0.39 is 23.4 Å². The molecule has 1 aliphatic heterocycles. The van der Waals surface area contributed by atoms with E-state index >= 15 is 0 Å². The van der Waals surface area contributed by atoms with Gasteiger partial charge in [-0.05, 0) is 91.5 Å². The number of aryl methyl sites for hydroxylation is 1. The summed E-state index contributed by atoms with van der Waals surface area (Å²) in [5, 5.41) is 3.90. The first-order valence-corrected chi connectivity index (χ1v) is 20.4. The average molecular weight is 791 g/mol. The Labute approximate surface area is 339 Å². The summed E-state index contributed by atoms with van der Waals surface area (Å²) in [6.45, 7) is 8.75. The molecule has 1 fully saturated rings. The number of thiazole rings is 1. The summed E-state index contributed by atoms with van der Waals surface area (Å²) in [4.78, 5) is 53.6. The van der Waals surface area contributed by atoms with E-state index in [4.69, 9.17) is 20.2 Å². The number of amides is 3. The molecule has 3 heterocycles. The molecule has 2 unspecified atom stereocenters. The zero-order valence-electron chi connectivity index (χ0n) is 33.8. The number of benzene rings is 3. The van der Waals surface area contributed by atoms with Crippen LogP contribution in [0.1, 0.15) is 51.3 Å².